The van der Waals surface area contributed by atoms with Gasteiger partial charge >= 0.3 is 0 Å². The number of thiol groups is 1. The maximum atomic E-state index is 5.60. The second kappa shape index (κ2) is 6.10. The zero-order valence-corrected chi connectivity index (χ0v) is 14.8. The standard InChI is InChI=1S/C16H15N5OS2/c1-22-11-5-8-17-14-13(11)12(9-3-6-18-15(20-9)24-2)10-4-7-19-16(23)21(10)14/h3-8,10,12H,1-2H3,(H,19,23). The SMILES string of the molecule is COc1ccnc2c1C(c1ccnc(SC)n1)C1C=CN=C(S)N21. The van der Waals surface area contributed by atoms with Crippen molar-refractivity contribution >= 4 is 35.4 Å². The van der Waals surface area contributed by atoms with Gasteiger partial charge in [-0.15, -0.1) is 12.6 Å². The molecule has 2 unspecified atom stereocenters. The van der Waals surface area contributed by atoms with Crippen LogP contribution in [0.25, 0.3) is 0 Å². The van der Waals surface area contributed by atoms with Crippen LogP contribution >= 0.6 is 24.4 Å². The van der Waals surface area contributed by atoms with Crippen molar-refractivity contribution in [2.45, 2.75) is 17.1 Å². The van der Waals surface area contributed by atoms with Crippen molar-refractivity contribution < 1.29 is 4.74 Å². The molecule has 0 aliphatic carbocycles. The van der Waals surface area contributed by atoms with E-state index in [9.17, 15) is 0 Å². The summed E-state index contributed by atoms with van der Waals surface area (Å²) in [6.45, 7) is 0. The number of amidine groups is 1. The molecule has 2 aromatic rings. The van der Waals surface area contributed by atoms with E-state index >= 15 is 0 Å². The van der Waals surface area contributed by atoms with Crippen LogP contribution in [-0.4, -0.2) is 39.5 Å². The fourth-order valence-electron chi connectivity index (χ4n) is 3.20. The van der Waals surface area contributed by atoms with E-state index in [1.165, 1.54) is 11.8 Å². The second-order valence-corrected chi connectivity index (χ2v) is 6.50. The predicted octanol–water partition coefficient (Wildman–Crippen LogP) is 2.74. The predicted molar refractivity (Wildman–Crippen MR) is 98.3 cm³/mol. The summed E-state index contributed by atoms with van der Waals surface area (Å²) in [5.41, 5.74) is 1.94. The highest BCUT2D eigenvalue weighted by atomic mass is 32.2. The number of hydrogen-bond donors (Lipinski definition) is 1. The van der Waals surface area contributed by atoms with Gasteiger partial charge in [-0.1, -0.05) is 11.8 Å². The number of hydrogen-bond acceptors (Lipinski definition) is 7. The van der Waals surface area contributed by atoms with Crippen molar-refractivity contribution in [3.63, 3.8) is 0 Å². The normalized spacial score (nSPS) is 21.3. The number of pyridine rings is 1. The molecule has 8 heteroatoms. The van der Waals surface area contributed by atoms with E-state index in [1.54, 1.807) is 25.7 Å². The molecule has 4 rings (SSSR count). The molecule has 0 saturated carbocycles. The third kappa shape index (κ3) is 2.29. The number of ether oxygens (including phenoxy) is 1. The molecule has 122 valence electrons. The van der Waals surface area contributed by atoms with Gasteiger partial charge in [0.05, 0.1) is 24.8 Å². The van der Waals surface area contributed by atoms with Crippen LogP contribution in [0.15, 0.2) is 47.0 Å². The third-order valence-electron chi connectivity index (χ3n) is 4.17. The first-order valence-electron chi connectivity index (χ1n) is 7.37. The molecule has 2 atom stereocenters. The van der Waals surface area contributed by atoms with E-state index in [1.807, 2.05) is 29.4 Å². The van der Waals surface area contributed by atoms with Crippen molar-refractivity contribution in [2.24, 2.45) is 4.99 Å². The van der Waals surface area contributed by atoms with Gasteiger partial charge in [0.2, 0.25) is 0 Å². The summed E-state index contributed by atoms with van der Waals surface area (Å²) < 4.78 is 5.60. The molecule has 2 aromatic heterocycles. The smallest absolute Gasteiger partial charge is 0.187 e. The van der Waals surface area contributed by atoms with Crippen molar-refractivity contribution in [3.8, 4) is 5.75 Å². The van der Waals surface area contributed by atoms with Crippen molar-refractivity contribution in [2.75, 3.05) is 18.3 Å². The Balaban J connectivity index is 1.94. The number of methoxy groups -OCH3 is 1. The highest BCUT2D eigenvalue weighted by molar-refractivity contribution is 7.98. The van der Waals surface area contributed by atoms with Gasteiger partial charge in [-0.2, -0.15) is 0 Å². The lowest BCUT2D eigenvalue weighted by atomic mass is 9.91. The molecule has 0 bridgehead atoms. The molecule has 0 radical (unpaired) electrons. The second-order valence-electron chi connectivity index (χ2n) is 5.33. The number of thioether (sulfide) groups is 1. The van der Waals surface area contributed by atoms with E-state index in [-0.39, 0.29) is 12.0 Å². The van der Waals surface area contributed by atoms with Crippen LogP contribution in [0.3, 0.4) is 0 Å². The summed E-state index contributed by atoms with van der Waals surface area (Å²) in [5, 5.41) is 1.36. The molecular weight excluding hydrogens is 342 g/mol. The van der Waals surface area contributed by atoms with E-state index in [0.29, 0.717) is 5.17 Å². The molecule has 4 heterocycles. The first-order chi connectivity index (χ1) is 11.7. The Morgan fingerprint density at radius 3 is 2.88 bits per heavy atom. The molecule has 6 nitrogen and oxygen atoms in total. The summed E-state index contributed by atoms with van der Waals surface area (Å²) in [6, 6.07) is 3.83. The van der Waals surface area contributed by atoms with Crippen molar-refractivity contribution in [1.82, 2.24) is 15.0 Å². The minimum Gasteiger partial charge on any atom is -0.496 e. The van der Waals surface area contributed by atoms with Crippen LogP contribution in [0.1, 0.15) is 17.2 Å². The summed E-state index contributed by atoms with van der Waals surface area (Å²) >= 11 is 6.05. The first kappa shape index (κ1) is 15.5. The van der Waals surface area contributed by atoms with Gasteiger partial charge < -0.3 is 4.74 Å². The summed E-state index contributed by atoms with van der Waals surface area (Å²) in [4.78, 5) is 19.9. The zero-order chi connectivity index (χ0) is 16.7. The Morgan fingerprint density at radius 2 is 2.08 bits per heavy atom. The van der Waals surface area contributed by atoms with Gasteiger partial charge in [-0.3, -0.25) is 4.90 Å². The van der Waals surface area contributed by atoms with Crippen LogP contribution < -0.4 is 9.64 Å². The zero-order valence-electron chi connectivity index (χ0n) is 13.1. The number of rotatable bonds is 3. The molecule has 0 amide bonds. The van der Waals surface area contributed by atoms with Gasteiger partial charge in [0.1, 0.15) is 11.6 Å². The van der Waals surface area contributed by atoms with Gasteiger partial charge in [0.15, 0.2) is 10.3 Å². The van der Waals surface area contributed by atoms with E-state index < -0.39 is 0 Å². The lowest BCUT2D eigenvalue weighted by molar-refractivity contribution is 0.408. The van der Waals surface area contributed by atoms with Gasteiger partial charge in [-0.25, -0.2) is 19.9 Å². The molecule has 2 aliphatic heterocycles. The summed E-state index contributed by atoms with van der Waals surface area (Å²) in [6.07, 6.45) is 9.33. The third-order valence-corrected chi connectivity index (χ3v) is 5.07. The molecule has 24 heavy (non-hydrogen) atoms. The van der Waals surface area contributed by atoms with Crippen molar-refractivity contribution in [1.29, 1.82) is 0 Å². The maximum absolute atomic E-state index is 5.60. The number of nitrogens with zero attached hydrogens (tertiary/aromatic N) is 5. The summed E-state index contributed by atoms with van der Waals surface area (Å²) in [7, 11) is 1.67. The first-order valence-corrected chi connectivity index (χ1v) is 9.04. The number of fused-ring (bicyclic) bond motifs is 3. The van der Waals surface area contributed by atoms with Gasteiger partial charge in [-0.05, 0) is 24.5 Å². The molecule has 0 N–H and O–H groups in total. The molecule has 0 fully saturated rings. The number of anilines is 1. The lowest BCUT2D eigenvalue weighted by Crippen LogP contribution is -2.37. The summed E-state index contributed by atoms with van der Waals surface area (Å²) in [5.74, 6) is 1.58. The van der Waals surface area contributed by atoms with E-state index in [4.69, 9.17) is 9.72 Å². The molecule has 0 saturated heterocycles. The topological polar surface area (TPSA) is 63.5 Å². The van der Waals surface area contributed by atoms with Crippen molar-refractivity contribution in [3.05, 3.63) is 48.1 Å². The van der Waals surface area contributed by atoms with Crippen LogP contribution in [-0.2, 0) is 0 Å². The van der Waals surface area contributed by atoms with E-state index in [0.717, 1.165) is 28.0 Å². The van der Waals surface area contributed by atoms with E-state index in [2.05, 4.69) is 27.6 Å². The Labute approximate surface area is 149 Å². The maximum Gasteiger partial charge on any atom is 0.187 e. The molecule has 0 spiro atoms. The largest absolute Gasteiger partial charge is 0.496 e. The minimum absolute atomic E-state index is 0.0124. The quantitative estimate of drug-likeness (QED) is 0.518. The minimum atomic E-state index is -0.0218. The Hall–Kier alpha value is -2.06. The highest BCUT2D eigenvalue weighted by Crippen LogP contribution is 2.49. The molecular formula is C16H15N5OS2. The van der Waals surface area contributed by atoms with Gasteiger partial charge in [0.25, 0.3) is 0 Å². The Bertz CT molecular complexity index is 854. The Morgan fingerprint density at radius 1 is 1.25 bits per heavy atom. The number of aromatic nitrogens is 3. The monoisotopic (exact) mass is 357 g/mol. The average Bonchev–Trinajstić information content (AvgIpc) is 2.97. The molecule has 0 aromatic carbocycles. The fraction of sp³-hybridized carbons (Fsp3) is 0.250. The van der Waals surface area contributed by atoms with Crippen LogP contribution in [0, 0.1) is 0 Å². The average molecular weight is 357 g/mol. The van der Waals surface area contributed by atoms with Crippen LogP contribution in [0.2, 0.25) is 0 Å². The Kier molecular flexibility index (Phi) is 3.93. The molecule has 2 aliphatic rings. The van der Waals surface area contributed by atoms with Gasteiger partial charge in [0, 0.05) is 24.2 Å². The highest BCUT2D eigenvalue weighted by Gasteiger charge is 2.44. The van der Waals surface area contributed by atoms with Crippen LogP contribution in [0.5, 0.6) is 5.75 Å². The number of aliphatic imine (C=N–C) groups is 1. The fourth-order valence-corrected chi connectivity index (χ4v) is 3.86. The lowest BCUT2D eigenvalue weighted by Gasteiger charge is -2.28. The van der Waals surface area contributed by atoms with Crippen LogP contribution in [0.4, 0.5) is 5.82 Å².